The molecule has 3 nitrogen and oxygen atoms in total. The van der Waals surface area contributed by atoms with Crippen molar-refractivity contribution in [1.29, 1.82) is 0 Å². The number of aromatic nitrogens is 1. The number of rotatable bonds is 6. The molecule has 1 fully saturated rings. The summed E-state index contributed by atoms with van der Waals surface area (Å²) in [6, 6.07) is 0.701. The van der Waals surface area contributed by atoms with E-state index in [1.807, 2.05) is 0 Å². The van der Waals surface area contributed by atoms with E-state index < -0.39 is 0 Å². The molecule has 1 aliphatic rings. The number of nitrogens with zero attached hydrogens (tertiary/aromatic N) is 2. The summed E-state index contributed by atoms with van der Waals surface area (Å²) in [6.07, 6.45) is 3.84. The SMILES string of the molecule is CCCNCc1nc(CN2CCC(C)CC2C)cs1. The van der Waals surface area contributed by atoms with E-state index in [1.54, 1.807) is 11.3 Å². The molecular weight excluding hydrogens is 254 g/mol. The van der Waals surface area contributed by atoms with Gasteiger partial charge in [0.15, 0.2) is 0 Å². The first-order valence-electron chi connectivity index (χ1n) is 7.57. The van der Waals surface area contributed by atoms with Crippen LogP contribution in [0.1, 0.15) is 50.7 Å². The molecule has 0 radical (unpaired) electrons. The third kappa shape index (κ3) is 4.55. The molecule has 1 aromatic heterocycles. The van der Waals surface area contributed by atoms with Crippen LogP contribution in [-0.2, 0) is 13.1 Å². The predicted molar refractivity (Wildman–Crippen MR) is 82.4 cm³/mol. The summed E-state index contributed by atoms with van der Waals surface area (Å²) >= 11 is 1.79. The van der Waals surface area contributed by atoms with Crippen LogP contribution in [0.25, 0.3) is 0 Å². The zero-order chi connectivity index (χ0) is 13.7. The van der Waals surface area contributed by atoms with Crippen LogP contribution in [0.15, 0.2) is 5.38 Å². The summed E-state index contributed by atoms with van der Waals surface area (Å²) < 4.78 is 0. The van der Waals surface area contributed by atoms with E-state index in [2.05, 4.69) is 36.4 Å². The molecule has 0 aromatic carbocycles. The molecule has 2 unspecified atom stereocenters. The molecule has 2 heterocycles. The van der Waals surface area contributed by atoms with Crippen molar-refractivity contribution in [2.45, 2.75) is 59.2 Å². The van der Waals surface area contributed by atoms with E-state index in [4.69, 9.17) is 4.98 Å². The van der Waals surface area contributed by atoms with E-state index >= 15 is 0 Å². The summed E-state index contributed by atoms with van der Waals surface area (Å²) in [6.45, 7) is 11.2. The largest absolute Gasteiger partial charge is 0.310 e. The van der Waals surface area contributed by atoms with Gasteiger partial charge in [-0.1, -0.05) is 13.8 Å². The van der Waals surface area contributed by atoms with E-state index in [-0.39, 0.29) is 0 Å². The number of piperidine rings is 1. The van der Waals surface area contributed by atoms with Gasteiger partial charge in [0.1, 0.15) is 5.01 Å². The second kappa shape index (κ2) is 7.36. The summed E-state index contributed by atoms with van der Waals surface area (Å²) in [5, 5.41) is 6.87. The normalized spacial score (nSPS) is 24.8. The molecule has 2 rings (SSSR count). The lowest BCUT2D eigenvalue weighted by atomic mass is 9.93. The standard InChI is InChI=1S/C15H27N3S/c1-4-6-16-9-15-17-14(11-19-15)10-18-7-5-12(2)8-13(18)3/h11-13,16H,4-10H2,1-3H3. The van der Waals surface area contributed by atoms with Crippen molar-refractivity contribution < 1.29 is 0 Å². The molecule has 0 amide bonds. The Hall–Kier alpha value is -0.450. The molecule has 0 saturated carbocycles. The maximum atomic E-state index is 4.74. The molecule has 4 heteroatoms. The average molecular weight is 281 g/mol. The Kier molecular flexibility index (Phi) is 5.79. The van der Waals surface area contributed by atoms with Gasteiger partial charge in [-0.25, -0.2) is 4.98 Å². The van der Waals surface area contributed by atoms with E-state index in [0.29, 0.717) is 6.04 Å². The van der Waals surface area contributed by atoms with E-state index in [9.17, 15) is 0 Å². The van der Waals surface area contributed by atoms with Crippen molar-refractivity contribution in [2.24, 2.45) is 5.92 Å². The topological polar surface area (TPSA) is 28.2 Å². The fourth-order valence-electron chi connectivity index (χ4n) is 2.77. The van der Waals surface area contributed by atoms with Gasteiger partial charge in [0.2, 0.25) is 0 Å². The highest BCUT2D eigenvalue weighted by atomic mass is 32.1. The van der Waals surface area contributed by atoms with Crippen LogP contribution in [0.3, 0.4) is 0 Å². The second-order valence-electron chi connectivity index (χ2n) is 5.86. The maximum absolute atomic E-state index is 4.74. The second-order valence-corrected chi connectivity index (χ2v) is 6.80. The zero-order valence-electron chi connectivity index (χ0n) is 12.5. The number of thiazole rings is 1. The Bertz CT molecular complexity index is 377. The Morgan fingerprint density at radius 2 is 2.32 bits per heavy atom. The molecule has 1 N–H and O–H groups in total. The first kappa shape index (κ1) is 14.9. The molecule has 0 bridgehead atoms. The highest BCUT2D eigenvalue weighted by molar-refractivity contribution is 7.09. The van der Waals surface area contributed by atoms with Crippen molar-refractivity contribution in [1.82, 2.24) is 15.2 Å². The molecular formula is C15H27N3S. The van der Waals surface area contributed by atoms with Crippen molar-refractivity contribution in [3.05, 3.63) is 16.1 Å². The number of hydrogen-bond donors (Lipinski definition) is 1. The predicted octanol–water partition coefficient (Wildman–Crippen LogP) is 3.26. The Balaban J connectivity index is 1.82. The molecule has 0 aliphatic carbocycles. The van der Waals surface area contributed by atoms with Gasteiger partial charge in [0, 0.05) is 24.5 Å². The minimum atomic E-state index is 0.701. The molecule has 1 aliphatic heterocycles. The Morgan fingerprint density at radius 1 is 1.47 bits per heavy atom. The van der Waals surface area contributed by atoms with E-state index in [0.717, 1.165) is 25.6 Å². The summed E-state index contributed by atoms with van der Waals surface area (Å²) in [5.41, 5.74) is 1.25. The van der Waals surface area contributed by atoms with E-state index in [1.165, 1.54) is 36.5 Å². The lowest BCUT2D eigenvalue weighted by molar-refractivity contribution is 0.121. The van der Waals surface area contributed by atoms with Crippen LogP contribution in [0.4, 0.5) is 0 Å². The van der Waals surface area contributed by atoms with Gasteiger partial charge in [-0.05, 0) is 45.2 Å². The zero-order valence-corrected chi connectivity index (χ0v) is 13.3. The van der Waals surface area contributed by atoms with Gasteiger partial charge in [0.05, 0.1) is 5.69 Å². The molecule has 0 spiro atoms. The van der Waals surface area contributed by atoms with Gasteiger partial charge in [-0.3, -0.25) is 4.90 Å². The van der Waals surface area contributed by atoms with Crippen LogP contribution in [0, 0.1) is 5.92 Å². The van der Waals surface area contributed by atoms with Crippen molar-refractivity contribution in [3.8, 4) is 0 Å². The molecule has 2 atom stereocenters. The quantitative estimate of drug-likeness (QED) is 0.811. The maximum Gasteiger partial charge on any atom is 0.107 e. The number of likely N-dealkylation sites (tertiary alicyclic amines) is 1. The third-order valence-electron chi connectivity index (χ3n) is 3.94. The monoisotopic (exact) mass is 281 g/mol. The highest BCUT2D eigenvalue weighted by Gasteiger charge is 2.23. The lowest BCUT2D eigenvalue weighted by Gasteiger charge is -2.36. The summed E-state index contributed by atoms with van der Waals surface area (Å²) in [7, 11) is 0. The average Bonchev–Trinajstić information content (AvgIpc) is 2.81. The van der Waals surface area contributed by atoms with Gasteiger partial charge in [0.25, 0.3) is 0 Å². The Morgan fingerprint density at radius 3 is 3.05 bits per heavy atom. The fourth-order valence-corrected chi connectivity index (χ4v) is 3.53. The van der Waals surface area contributed by atoms with Gasteiger partial charge in [-0.2, -0.15) is 0 Å². The fraction of sp³-hybridized carbons (Fsp3) is 0.800. The van der Waals surface area contributed by atoms with Crippen LogP contribution < -0.4 is 5.32 Å². The van der Waals surface area contributed by atoms with Crippen LogP contribution in [0.2, 0.25) is 0 Å². The van der Waals surface area contributed by atoms with Crippen LogP contribution in [-0.4, -0.2) is 29.0 Å². The first-order valence-corrected chi connectivity index (χ1v) is 8.45. The van der Waals surface area contributed by atoms with Crippen LogP contribution in [0.5, 0.6) is 0 Å². The van der Waals surface area contributed by atoms with Crippen molar-refractivity contribution in [3.63, 3.8) is 0 Å². The Labute approximate surface area is 121 Å². The van der Waals surface area contributed by atoms with Gasteiger partial charge in [-0.15, -0.1) is 11.3 Å². The van der Waals surface area contributed by atoms with Crippen molar-refractivity contribution in [2.75, 3.05) is 13.1 Å². The first-order chi connectivity index (χ1) is 9.19. The molecule has 19 heavy (non-hydrogen) atoms. The van der Waals surface area contributed by atoms with Gasteiger partial charge >= 0.3 is 0 Å². The molecule has 1 saturated heterocycles. The van der Waals surface area contributed by atoms with Gasteiger partial charge < -0.3 is 5.32 Å². The highest BCUT2D eigenvalue weighted by Crippen LogP contribution is 2.24. The smallest absolute Gasteiger partial charge is 0.107 e. The molecule has 1 aromatic rings. The lowest BCUT2D eigenvalue weighted by Crippen LogP contribution is -2.39. The minimum absolute atomic E-state index is 0.701. The minimum Gasteiger partial charge on any atom is -0.310 e. The van der Waals surface area contributed by atoms with Crippen LogP contribution >= 0.6 is 11.3 Å². The number of hydrogen-bond acceptors (Lipinski definition) is 4. The number of nitrogens with one attached hydrogen (secondary N) is 1. The third-order valence-corrected chi connectivity index (χ3v) is 4.84. The summed E-state index contributed by atoms with van der Waals surface area (Å²) in [4.78, 5) is 7.33. The van der Waals surface area contributed by atoms with Crippen molar-refractivity contribution >= 4 is 11.3 Å². The summed E-state index contributed by atoms with van der Waals surface area (Å²) in [5.74, 6) is 0.885. The molecule has 108 valence electrons.